The molecule has 120 valence electrons. The van der Waals surface area contributed by atoms with Crippen LogP contribution in [0.15, 0.2) is 18.2 Å². The predicted molar refractivity (Wildman–Crippen MR) is 83.3 cm³/mol. The molecule has 0 saturated heterocycles. The van der Waals surface area contributed by atoms with E-state index in [1.165, 1.54) is 32.1 Å². The van der Waals surface area contributed by atoms with Crippen molar-refractivity contribution >= 4 is 5.97 Å². The number of benzene rings is 1. The van der Waals surface area contributed by atoms with Crippen LogP contribution in [0.25, 0.3) is 0 Å². The highest BCUT2D eigenvalue weighted by molar-refractivity contribution is 5.73. The lowest BCUT2D eigenvalue weighted by Crippen LogP contribution is -2.21. The number of carbonyl (C=O) groups excluding carboxylic acids is 1. The van der Waals surface area contributed by atoms with Crippen molar-refractivity contribution in [2.45, 2.75) is 57.5 Å². The highest BCUT2D eigenvalue weighted by atomic mass is 16.6. The summed E-state index contributed by atoms with van der Waals surface area (Å²) in [5.74, 6) is 1.34. The molecule has 3 rings (SSSR count). The lowest BCUT2D eigenvalue weighted by molar-refractivity contribution is -0.149. The summed E-state index contributed by atoms with van der Waals surface area (Å²) in [5, 5.41) is 0. The molecule has 0 unspecified atom stereocenters. The van der Waals surface area contributed by atoms with Gasteiger partial charge in [-0.05, 0) is 43.4 Å². The molecule has 0 spiro atoms. The normalized spacial score (nSPS) is 19.1. The van der Waals surface area contributed by atoms with Gasteiger partial charge < -0.3 is 14.2 Å². The van der Waals surface area contributed by atoms with Gasteiger partial charge in [-0.2, -0.15) is 0 Å². The van der Waals surface area contributed by atoms with E-state index in [2.05, 4.69) is 0 Å². The first-order valence-electron chi connectivity index (χ1n) is 8.39. The molecule has 0 radical (unpaired) electrons. The molecule has 0 bridgehead atoms. The summed E-state index contributed by atoms with van der Waals surface area (Å²) in [4.78, 5) is 12.2. The van der Waals surface area contributed by atoms with Gasteiger partial charge >= 0.3 is 5.97 Å². The van der Waals surface area contributed by atoms with E-state index >= 15 is 0 Å². The van der Waals surface area contributed by atoms with Gasteiger partial charge in [-0.25, -0.2) is 0 Å². The average Bonchev–Trinajstić information content (AvgIpc) is 2.50. The SMILES string of the molecule is O=C(Cc1ccc2c(c1)OCCO2)OC1CCCCCCC1. The quantitative estimate of drug-likeness (QED) is 0.800. The molecule has 2 aliphatic rings. The Kier molecular flexibility index (Phi) is 5.20. The number of fused-ring (bicyclic) bond motifs is 1. The van der Waals surface area contributed by atoms with Crippen molar-refractivity contribution in [1.29, 1.82) is 0 Å². The van der Waals surface area contributed by atoms with Gasteiger partial charge in [-0.15, -0.1) is 0 Å². The van der Waals surface area contributed by atoms with Gasteiger partial charge in [0.2, 0.25) is 0 Å². The molecule has 22 heavy (non-hydrogen) atoms. The van der Waals surface area contributed by atoms with Crippen molar-refractivity contribution < 1.29 is 19.0 Å². The van der Waals surface area contributed by atoms with Crippen molar-refractivity contribution in [3.05, 3.63) is 23.8 Å². The smallest absolute Gasteiger partial charge is 0.310 e. The molecular weight excluding hydrogens is 280 g/mol. The van der Waals surface area contributed by atoms with Crippen molar-refractivity contribution in [2.24, 2.45) is 0 Å². The zero-order chi connectivity index (χ0) is 15.2. The van der Waals surface area contributed by atoms with Crippen LogP contribution in [0, 0.1) is 0 Å². The highest BCUT2D eigenvalue weighted by Gasteiger charge is 2.18. The topological polar surface area (TPSA) is 44.8 Å². The molecule has 0 atom stereocenters. The standard InChI is InChI=1S/C18H24O4/c19-18(22-15-6-4-2-1-3-5-7-15)13-14-8-9-16-17(12-14)21-11-10-20-16/h8-9,12,15H,1-7,10-11,13H2. The molecular formula is C18H24O4. The molecule has 4 nitrogen and oxygen atoms in total. The predicted octanol–water partition coefficient (Wildman–Crippen LogP) is 3.66. The molecule has 0 amide bonds. The van der Waals surface area contributed by atoms with Gasteiger partial charge in [0.1, 0.15) is 19.3 Å². The van der Waals surface area contributed by atoms with E-state index in [0.717, 1.165) is 29.9 Å². The minimum atomic E-state index is -0.137. The van der Waals surface area contributed by atoms with Crippen molar-refractivity contribution in [1.82, 2.24) is 0 Å². The van der Waals surface area contributed by atoms with Crippen molar-refractivity contribution in [3.63, 3.8) is 0 Å². The molecule has 1 fully saturated rings. The number of ether oxygens (including phenoxy) is 3. The van der Waals surface area contributed by atoms with Gasteiger partial charge in [-0.1, -0.05) is 25.3 Å². The zero-order valence-electron chi connectivity index (χ0n) is 13.0. The summed E-state index contributed by atoms with van der Waals surface area (Å²) >= 11 is 0. The van der Waals surface area contributed by atoms with E-state index in [4.69, 9.17) is 14.2 Å². The molecule has 1 aromatic carbocycles. The van der Waals surface area contributed by atoms with Crippen LogP contribution in [0.2, 0.25) is 0 Å². The Morgan fingerprint density at radius 3 is 2.45 bits per heavy atom. The van der Waals surface area contributed by atoms with Gasteiger partial charge in [-0.3, -0.25) is 4.79 Å². The lowest BCUT2D eigenvalue weighted by atomic mass is 9.98. The second-order valence-corrected chi connectivity index (χ2v) is 6.11. The monoisotopic (exact) mass is 304 g/mol. The molecule has 1 saturated carbocycles. The van der Waals surface area contributed by atoms with Crippen LogP contribution in [-0.2, 0) is 16.0 Å². The van der Waals surface area contributed by atoms with Crippen LogP contribution >= 0.6 is 0 Å². The van der Waals surface area contributed by atoms with E-state index in [0.29, 0.717) is 19.6 Å². The lowest BCUT2D eigenvalue weighted by Gasteiger charge is -2.21. The molecule has 1 aromatic rings. The number of rotatable bonds is 3. The molecule has 0 N–H and O–H groups in total. The van der Waals surface area contributed by atoms with E-state index < -0.39 is 0 Å². The number of hydrogen-bond acceptors (Lipinski definition) is 4. The molecule has 4 heteroatoms. The summed E-state index contributed by atoms with van der Waals surface area (Å²) in [6.07, 6.45) is 8.59. The van der Waals surface area contributed by atoms with Gasteiger partial charge in [0.15, 0.2) is 11.5 Å². The molecule has 1 aliphatic carbocycles. The van der Waals surface area contributed by atoms with Crippen LogP contribution in [-0.4, -0.2) is 25.3 Å². The van der Waals surface area contributed by atoms with Crippen LogP contribution in [0.4, 0.5) is 0 Å². The average molecular weight is 304 g/mol. The maximum absolute atomic E-state index is 12.2. The second-order valence-electron chi connectivity index (χ2n) is 6.11. The summed E-state index contributed by atoms with van der Waals surface area (Å²) in [5.41, 5.74) is 0.917. The minimum Gasteiger partial charge on any atom is -0.486 e. The second kappa shape index (κ2) is 7.52. The van der Waals surface area contributed by atoms with E-state index in [9.17, 15) is 4.79 Å². The summed E-state index contributed by atoms with van der Waals surface area (Å²) < 4.78 is 16.7. The van der Waals surface area contributed by atoms with Crippen LogP contribution < -0.4 is 9.47 Å². The van der Waals surface area contributed by atoms with Crippen LogP contribution in [0.5, 0.6) is 11.5 Å². The third-order valence-corrected chi connectivity index (χ3v) is 4.31. The molecule has 0 aromatic heterocycles. The zero-order valence-corrected chi connectivity index (χ0v) is 13.0. The summed E-state index contributed by atoms with van der Waals surface area (Å²) in [6.45, 7) is 1.14. The number of carbonyl (C=O) groups is 1. The van der Waals surface area contributed by atoms with Gasteiger partial charge in [0.25, 0.3) is 0 Å². The van der Waals surface area contributed by atoms with E-state index in [1.807, 2.05) is 18.2 Å². The third kappa shape index (κ3) is 4.15. The summed E-state index contributed by atoms with van der Waals surface area (Å²) in [7, 11) is 0. The fourth-order valence-corrected chi connectivity index (χ4v) is 3.13. The maximum atomic E-state index is 12.2. The maximum Gasteiger partial charge on any atom is 0.310 e. The Labute approximate surface area is 131 Å². The first kappa shape index (κ1) is 15.2. The molecule has 1 heterocycles. The minimum absolute atomic E-state index is 0.102. The fourth-order valence-electron chi connectivity index (χ4n) is 3.13. The largest absolute Gasteiger partial charge is 0.486 e. The van der Waals surface area contributed by atoms with Crippen molar-refractivity contribution in [2.75, 3.05) is 13.2 Å². The fraction of sp³-hybridized carbons (Fsp3) is 0.611. The Bertz CT molecular complexity index is 504. The first-order chi connectivity index (χ1) is 10.8. The number of hydrogen-bond donors (Lipinski definition) is 0. The van der Waals surface area contributed by atoms with Crippen LogP contribution in [0.3, 0.4) is 0 Å². The van der Waals surface area contributed by atoms with E-state index in [-0.39, 0.29) is 12.1 Å². The molecule has 1 aliphatic heterocycles. The Hall–Kier alpha value is -1.71. The summed E-state index contributed by atoms with van der Waals surface area (Å²) in [6, 6.07) is 5.66. The Morgan fingerprint density at radius 2 is 1.68 bits per heavy atom. The first-order valence-corrected chi connectivity index (χ1v) is 8.39. The van der Waals surface area contributed by atoms with E-state index in [1.54, 1.807) is 0 Å². The Balaban J connectivity index is 1.54. The third-order valence-electron chi connectivity index (χ3n) is 4.31. The number of esters is 1. The highest BCUT2D eigenvalue weighted by Crippen LogP contribution is 2.31. The van der Waals surface area contributed by atoms with Crippen LogP contribution in [0.1, 0.15) is 50.5 Å². The van der Waals surface area contributed by atoms with Gasteiger partial charge in [0, 0.05) is 0 Å². The van der Waals surface area contributed by atoms with Crippen molar-refractivity contribution in [3.8, 4) is 11.5 Å². The Morgan fingerprint density at radius 1 is 1.00 bits per heavy atom. The van der Waals surface area contributed by atoms with Gasteiger partial charge in [0.05, 0.1) is 6.42 Å².